The van der Waals surface area contributed by atoms with Gasteiger partial charge in [0.25, 0.3) is 0 Å². The van der Waals surface area contributed by atoms with Crippen molar-refractivity contribution in [2.24, 2.45) is 28.6 Å². The lowest BCUT2D eigenvalue weighted by Gasteiger charge is -2.57. The van der Waals surface area contributed by atoms with Crippen LogP contribution in [-0.4, -0.2) is 17.9 Å². The lowest BCUT2D eigenvalue weighted by Crippen LogP contribution is -2.52. The number of rotatable bonds is 2. The minimum absolute atomic E-state index is 0.00772. The van der Waals surface area contributed by atoms with Crippen molar-refractivity contribution in [3.63, 3.8) is 0 Å². The number of carbonyl (C=O) groups excluding carboxylic acids is 2. The summed E-state index contributed by atoms with van der Waals surface area (Å²) in [5.41, 5.74) is 1.22. The maximum atomic E-state index is 14.7. The first-order valence-electron chi connectivity index (χ1n) is 11.5. The first-order valence-corrected chi connectivity index (χ1v) is 11.5. The van der Waals surface area contributed by atoms with Crippen LogP contribution in [0, 0.1) is 28.6 Å². The fraction of sp³-hybridized carbons (Fsp3) is 0.615. The number of hydrogen-bond acceptors (Lipinski definition) is 3. The third kappa shape index (κ3) is 2.82. The van der Waals surface area contributed by atoms with E-state index >= 15 is 0 Å². The summed E-state index contributed by atoms with van der Waals surface area (Å²) in [6.07, 6.45) is 6.75. The first kappa shape index (κ1) is 20.0. The Bertz CT molecular complexity index is 906. The van der Waals surface area contributed by atoms with Crippen LogP contribution in [0.3, 0.4) is 0 Å². The summed E-state index contributed by atoms with van der Waals surface area (Å²) in [5.74, 6) is 0.509. The molecule has 0 radical (unpaired) electrons. The fourth-order valence-corrected chi connectivity index (χ4v) is 7.57. The lowest BCUT2D eigenvalue weighted by atomic mass is 9.47. The minimum Gasteiger partial charge on any atom is -0.458 e. The normalized spacial score (nSPS) is 40.4. The Morgan fingerprint density at radius 2 is 1.77 bits per heavy atom. The van der Waals surface area contributed by atoms with Gasteiger partial charge in [0.05, 0.1) is 5.56 Å². The predicted molar refractivity (Wildman–Crippen MR) is 112 cm³/mol. The molecule has 0 unspecified atom stereocenters. The van der Waals surface area contributed by atoms with Crippen LogP contribution >= 0.6 is 0 Å². The number of ketones is 1. The average molecular weight is 411 g/mol. The largest absolute Gasteiger partial charge is 0.458 e. The molecule has 3 nitrogen and oxygen atoms in total. The van der Waals surface area contributed by atoms with E-state index in [0.717, 1.165) is 44.1 Å². The Morgan fingerprint density at radius 1 is 1.00 bits per heavy atom. The van der Waals surface area contributed by atoms with Crippen LogP contribution in [-0.2, 0) is 9.53 Å². The summed E-state index contributed by atoms with van der Waals surface area (Å²) in [5, 5.41) is 0. The molecule has 1 aromatic rings. The molecule has 30 heavy (non-hydrogen) atoms. The topological polar surface area (TPSA) is 43.4 Å². The van der Waals surface area contributed by atoms with Crippen LogP contribution in [0.15, 0.2) is 41.7 Å². The molecule has 4 aliphatic rings. The zero-order valence-electron chi connectivity index (χ0n) is 18.0. The summed E-state index contributed by atoms with van der Waals surface area (Å²) in [6.45, 7) is 4.51. The fourth-order valence-electron chi connectivity index (χ4n) is 7.57. The van der Waals surface area contributed by atoms with Gasteiger partial charge in [-0.3, -0.25) is 4.79 Å². The molecule has 6 atom stereocenters. The van der Waals surface area contributed by atoms with E-state index in [9.17, 15) is 14.0 Å². The molecule has 4 heteroatoms. The summed E-state index contributed by atoms with van der Waals surface area (Å²) in [7, 11) is 0. The number of Topliss-reactive ketones (excluding diaryl/α,β-unsaturated/α-hetero) is 1. The van der Waals surface area contributed by atoms with E-state index in [1.165, 1.54) is 0 Å². The summed E-state index contributed by atoms with van der Waals surface area (Å²) in [4.78, 5) is 24.7. The Hall–Kier alpha value is -1.97. The molecule has 5 rings (SSSR count). The number of benzene rings is 1. The zero-order valence-corrected chi connectivity index (χ0v) is 18.0. The van der Waals surface area contributed by atoms with Crippen molar-refractivity contribution in [3.05, 3.63) is 47.3 Å². The van der Waals surface area contributed by atoms with Crippen LogP contribution in [0.2, 0.25) is 0 Å². The summed E-state index contributed by atoms with van der Waals surface area (Å²) in [6, 6.07) is 9.25. The molecule has 1 aromatic carbocycles. The first-order chi connectivity index (χ1) is 14.3. The van der Waals surface area contributed by atoms with Crippen LogP contribution < -0.4 is 0 Å². The molecular formula is C26H31FO3. The van der Waals surface area contributed by atoms with Gasteiger partial charge in [-0.2, -0.15) is 0 Å². The molecule has 0 heterocycles. The van der Waals surface area contributed by atoms with Crippen molar-refractivity contribution in [1.82, 2.24) is 0 Å². The van der Waals surface area contributed by atoms with Crippen molar-refractivity contribution in [3.8, 4) is 0 Å². The lowest BCUT2D eigenvalue weighted by molar-refractivity contribution is -0.121. The van der Waals surface area contributed by atoms with E-state index in [4.69, 9.17) is 4.74 Å². The molecule has 3 fully saturated rings. The number of carbonyl (C=O) groups is 2. The quantitative estimate of drug-likeness (QED) is 0.558. The van der Waals surface area contributed by atoms with E-state index in [2.05, 4.69) is 13.8 Å². The second-order valence-electron chi connectivity index (χ2n) is 10.4. The number of fused-ring (bicyclic) bond motifs is 5. The molecule has 0 spiro atoms. The third-order valence-electron chi connectivity index (χ3n) is 9.23. The number of halogens is 1. The smallest absolute Gasteiger partial charge is 0.338 e. The molecule has 0 aliphatic heterocycles. The van der Waals surface area contributed by atoms with Crippen LogP contribution in [0.25, 0.3) is 0 Å². The van der Waals surface area contributed by atoms with Crippen molar-refractivity contribution < 1.29 is 18.7 Å². The Morgan fingerprint density at radius 3 is 2.53 bits per heavy atom. The Kier molecular flexibility index (Phi) is 4.68. The molecule has 0 aromatic heterocycles. The maximum Gasteiger partial charge on any atom is 0.338 e. The van der Waals surface area contributed by atoms with E-state index in [0.29, 0.717) is 36.2 Å². The summed E-state index contributed by atoms with van der Waals surface area (Å²) >= 11 is 0. The van der Waals surface area contributed by atoms with Gasteiger partial charge >= 0.3 is 5.97 Å². The van der Waals surface area contributed by atoms with Crippen molar-refractivity contribution in [2.45, 2.75) is 71.3 Å². The van der Waals surface area contributed by atoms with Crippen molar-refractivity contribution in [2.75, 3.05) is 0 Å². The number of ether oxygens (including phenoxy) is 1. The van der Waals surface area contributed by atoms with Gasteiger partial charge in [0, 0.05) is 11.8 Å². The SMILES string of the molecule is C[C@]12CC[C@H]3[C@@H](CCC4=C(F)C(=O)CC[C@@]43C)[C@@H]1CC[C@@H]2OC(=O)c1ccccc1. The van der Waals surface area contributed by atoms with Gasteiger partial charge < -0.3 is 4.74 Å². The molecular weight excluding hydrogens is 379 g/mol. The zero-order chi connectivity index (χ0) is 21.1. The molecule has 0 amide bonds. The Balaban J connectivity index is 1.38. The van der Waals surface area contributed by atoms with Gasteiger partial charge in [-0.25, -0.2) is 9.18 Å². The molecule has 0 N–H and O–H groups in total. The number of hydrogen-bond donors (Lipinski definition) is 0. The highest BCUT2D eigenvalue weighted by atomic mass is 19.1. The molecule has 4 aliphatic carbocycles. The maximum absolute atomic E-state index is 14.7. The van der Waals surface area contributed by atoms with E-state index in [1.54, 1.807) is 0 Å². The molecule has 160 valence electrons. The average Bonchev–Trinajstić information content (AvgIpc) is 3.08. The van der Waals surface area contributed by atoms with Gasteiger partial charge in [0.1, 0.15) is 6.10 Å². The highest BCUT2D eigenvalue weighted by Crippen LogP contribution is 2.66. The standard InChI is InChI=1S/C26H31FO3/c1-25-15-13-21(28)23(27)20(25)9-8-17-18-10-11-22(26(18,2)14-12-19(17)25)30-24(29)16-6-4-3-5-7-16/h3-7,17-19,22H,8-15H2,1-2H3/t17-,18-,19-,22-,25+,26-/m0/s1. The van der Waals surface area contributed by atoms with Crippen LogP contribution in [0.1, 0.15) is 75.6 Å². The summed E-state index contributed by atoms with van der Waals surface area (Å²) < 4.78 is 20.8. The van der Waals surface area contributed by atoms with Crippen LogP contribution in [0.5, 0.6) is 0 Å². The van der Waals surface area contributed by atoms with Crippen molar-refractivity contribution >= 4 is 11.8 Å². The number of esters is 1. The second-order valence-corrected chi connectivity index (χ2v) is 10.4. The van der Waals surface area contributed by atoms with Gasteiger partial charge in [0.2, 0.25) is 0 Å². The van der Waals surface area contributed by atoms with E-state index in [-0.39, 0.29) is 28.7 Å². The van der Waals surface area contributed by atoms with Gasteiger partial charge in [-0.05, 0) is 85.8 Å². The molecule has 0 saturated heterocycles. The van der Waals surface area contributed by atoms with Gasteiger partial charge in [0.15, 0.2) is 11.6 Å². The van der Waals surface area contributed by atoms with E-state index < -0.39 is 5.83 Å². The Labute approximate surface area is 178 Å². The van der Waals surface area contributed by atoms with Gasteiger partial charge in [-0.15, -0.1) is 0 Å². The minimum atomic E-state index is -0.434. The van der Waals surface area contributed by atoms with Crippen molar-refractivity contribution in [1.29, 1.82) is 0 Å². The molecule has 0 bridgehead atoms. The van der Waals surface area contributed by atoms with Crippen LogP contribution in [0.4, 0.5) is 4.39 Å². The monoisotopic (exact) mass is 410 g/mol. The van der Waals surface area contributed by atoms with E-state index in [1.807, 2.05) is 30.3 Å². The highest BCUT2D eigenvalue weighted by Gasteiger charge is 2.60. The predicted octanol–water partition coefficient (Wildman–Crippen LogP) is 6.04. The second kappa shape index (κ2) is 7.03. The number of allylic oxidation sites excluding steroid dienone is 1. The third-order valence-corrected chi connectivity index (χ3v) is 9.23. The van der Waals surface area contributed by atoms with Gasteiger partial charge in [-0.1, -0.05) is 32.0 Å². The molecule has 3 saturated carbocycles. The highest BCUT2D eigenvalue weighted by molar-refractivity contribution is 5.95.